The van der Waals surface area contributed by atoms with E-state index in [-0.39, 0.29) is 35.1 Å². The summed E-state index contributed by atoms with van der Waals surface area (Å²) in [6.45, 7) is 5.12. The minimum Gasteiger partial charge on any atom is -0.493 e. The molecule has 2 rings (SSSR count). The third-order valence-electron chi connectivity index (χ3n) is 4.03. The Bertz CT molecular complexity index is 1030. The van der Waals surface area contributed by atoms with Crippen LogP contribution in [0.15, 0.2) is 33.2 Å². The smallest absolute Gasteiger partial charge is 0.281 e. The van der Waals surface area contributed by atoms with Crippen LogP contribution in [0.1, 0.15) is 37.8 Å². The number of azo groups is 1. The van der Waals surface area contributed by atoms with Crippen LogP contribution < -0.4 is 16.6 Å². The first-order valence-corrected chi connectivity index (χ1v) is 8.74. The number of nitrogen functional groups attached to an aromatic ring is 1. The summed E-state index contributed by atoms with van der Waals surface area (Å²) in [5.74, 6) is -0.630. The van der Waals surface area contributed by atoms with E-state index in [0.717, 1.165) is 11.0 Å². The van der Waals surface area contributed by atoms with Crippen molar-refractivity contribution in [1.29, 1.82) is 5.26 Å². The number of pyridine rings is 1. The van der Waals surface area contributed by atoms with Crippen molar-refractivity contribution in [1.82, 2.24) is 4.57 Å². The van der Waals surface area contributed by atoms with Gasteiger partial charge in [-0.15, -0.1) is 5.11 Å². The first-order valence-electron chi connectivity index (χ1n) is 8.74. The molecule has 4 N–H and O–H groups in total. The average Bonchev–Trinajstić information content (AvgIpc) is 2.61. The third kappa shape index (κ3) is 4.54. The van der Waals surface area contributed by atoms with E-state index >= 15 is 0 Å². The molecule has 9 nitrogen and oxygen atoms in total. The van der Waals surface area contributed by atoms with Crippen LogP contribution in [0.3, 0.4) is 0 Å². The van der Waals surface area contributed by atoms with Gasteiger partial charge in [-0.3, -0.25) is 14.2 Å². The van der Waals surface area contributed by atoms with E-state index in [2.05, 4.69) is 15.5 Å². The van der Waals surface area contributed by atoms with Crippen molar-refractivity contribution in [3.63, 3.8) is 0 Å². The predicted molar refractivity (Wildman–Crippen MR) is 106 cm³/mol. The molecule has 0 saturated carbocycles. The number of nitrogens with two attached hydrogens (primary N) is 1. The van der Waals surface area contributed by atoms with Gasteiger partial charge in [0.15, 0.2) is 5.69 Å². The summed E-state index contributed by atoms with van der Waals surface area (Å²) in [7, 11) is 0. The highest BCUT2D eigenvalue weighted by Crippen LogP contribution is 2.28. The Morgan fingerprint density at radius 1 is 1.36 bits per heavy atom. The van der Waals surface area contributed by atoms with Gasteiger partial charge in [0.05, 0.1) is 5.69 Å². The molecule has 0 bridgehead atoms. The number of carbonyl (C=O) groups is 1. The van der Waals surface area contributed by atoms with E-state index in [1.54, 1.807) is 12.1 Å². The zero-order valence-electron chi connectivity index (χ0n) is 16.0. The zero-order chi connectivity index (χ0) is 20.8. The normalized spacial score (nSPS) is 10.8. The summed E-state index contributed by atoms with van der Waals surface area (Å²) < 4.78 is 1.13. The van der Waals surface area contributed by atoms with Crippen molar-refractivity contribution in [2.45, 2.75) is 40.2 Å². The molecule has 9 heteroatoms. The number of nitrogens with zero attached hydrogens (tertiary/aromatic N) is 4. The number of unbranched alkanes of at least 4 members (excludes halogenated alkanes) is 1. The van der Waals surface area contributed by atoms with Gasteiger partial charge in [0, 0.05) is 30.4 Å². The highest BCUT2D eigenvalue weighted by molar-refractivity contribution is 5.89. The summed E-state index contributed by atoms with van der Waals surface area (Å²) in [6.07, 6.45) is 1.47. The molecule has 0 aliphatic carbocycles. The first-order chi connectivity index (χ1) is 13.3. The largest absolute Gasteiger partial charge is 0.493 e. The van der Waals surface area contributed by atoms with Gasteiger partial charge in [-0.25, -0.2) is 0 Å². The first kappa shape index (κ1) is 20.6. The topological polar surface area (TPSA) is 146 Å². The van der Waals surface area contributed by atoms with Crippen molar-refractivity contribution < 1.29 is 9.90 Å². The van der Waals surface area contributed by atoms with Crippen molar-refractivity contribution in [3.8, 4) is 11.9 Å². The van der Waals surface area contributed by atoms with E-state index in [0.29, 0.717) is 23.5 Å². The number of aromatic hydroxyl groups is 1. The van der Waals surface area contributed by atoms with Gasteiger partial charge in [0.2, 0.25) is 11.8 Å². The molecule has 0 aliphatic rings. The lowest BCUT2D eigenvalue weighted by atomic mass is 10.1. The van der Waals surface area contributed by atoms with Crippen LogP contribution >= 0.6 is 0 Å². The van der Waals surface area contributed by atoms with Crippen molar-refractivity contribution >= 4 is 28.7 Å². The van der Waals surface area contributed by atoms with Gasteiger partial charge in [-0.05, 0) is 31.5 Å². The van der Waals surface area contributed by atoms with Crippen molar-refractivity contribution in [3.05, 3.63) is 39.7 Å². The molecule has 0 spiro atoms. The van der Waals surface area contributed by atoms with Crippen LogP contribution in [0.4, 0.5) is 22.7 Å². The molecule has 0 aliphatic heterocycles. The highest BCUT2D eigenvalue weighted by atomic mass is 16.3. The Balaban J connectivity index is 2.54. The quantitative estimate of drug-likeness (QED) is 0.517. The summed E-state index contributed by atoms with van der Waals surface area (Å²) in [5.41, 5.74) is 6.61. The molecule has 28 heavy (non-hydrogen) atoms. The molecular weight excluding hydrogens is 360 g/mol. The zero-order valence-corrected chi connectivity index (χ0v) is 16.0. The second-order valence-corrected chi connectivity index (χ2v) is 6.29. The minimum atomic E-state index is -0.530. The molecule has 0 atom stereocenters. The van der Waals surface area contributed by atoms with Crippen molar-refractivity contribution in [2.24, 2.45) is 10.2 Å². The fourth-order valence-electron chi connectivity index (χ4n) is 2.66. The van der Waals surface area contributed by atoms with Gasteiger partial charge >= 0.3 is 0 Å². The van der Waals surface area contributed by atoms with E-state index in [4.69, 9.17) is 5.73 Å². The number of aromatic nitrogens is 1. The van der Waals surface area contributed by atoms with E-state index in [1.807, 2.05) is 13.0 Å². The van der Waals surface area contributed by atoms with Gasteiger partial charge < -0.3 is 16.2 Å². The van der Waals surface area contributed by atoms with Crippen molar-refractivity contribution in [2.75, 3.05) is 11.1 Å². The van der Waals surface area contributed by atoms with Gasteiger partial charge in [-0.1, -0.05) is 13.3 Å². The molecule has 0 fully saturated rings. The fraction of sp³-hybridized carbons (Fsp3) is 0.316. The SMILES string of the molecule is CCCCn1c(O)c(C#N)c(C)c(N=Nc2cc(N)cc(NC(C)=O)c2)c1=O. The number of benzene rings is 1. The van der Waals surface area contributed by atoms with E-state index in [1.165, 1.54) is 19.9 Å². The molecule has 1 heterocycles. The fourth-order valence-corrected chi connectivity index (χ4v) is 2.66. The van der Waals surface area contributed by atoms with Gasteiger partial charge in [-0.2, -0.15) is 10.4 Å². The summed E-state index contributed by atoms with van der Waals surface area (Å²) in [6, 6.07) is 6.56. The monoisotopic (exact) mass is 382 g/mol. The highest BCUT2D eigenvalue weighted by Gasteiger charge is 2.18. The molecular formula is C19H22N6O3. The Morgan fingerprint density at radius 2 is 2.07 bits per heavy atom. The maximum absolute atomic E-state index is 12.7. The average molecular weight is 382 g/mol. The summed E-state index contributed by atoms with van der Waals surface area (Å²) in [5, 5.41) is 30.3. The molecule has 146 valence electrons. The lowest BCUT2D eigenvalue weighted by Crippen LogP contribution is -2.22. The second-order valence-electron chi connectivity index (χ2n) is 6.29. The Morgan fingerprint density at radius 3 is 2.68 bits per heavy atom. The van der Waals surface area contributed by atoms with Crippen LogP contribution in [0.25, 0.3) is 0 Å². The van der Waals surface area contributed by atoms with Gasteiger partial charge in [0.25, 0.3) is 5.56 Å². The molecule has 0 radical (unpaired) electrons. The van der Waals surface area contributed by atoms with Crippen LogP contribution in [-0.4, -0.2) is 15.6 Å². The number of nitrogens with one attached hydrogen (secondary N) is 1. The Hall–Kier alpha value is -3.67. The third-order valence-corrected chi connectivity index (χ3v) is 4.03. The molecule has 1 aromatic heterocycles. The number of rotatable bonds is 6. The molecule has 0 saturated heterocycles. The summed E-state index contributed by atoms with van der Waals surface area (Å²) in [4.78, 5) is 24.0. The number of carbonyl (C=O) groups excluding carboxylic acids is 1. The standard InChI is InChI=1S/C19H22N6O3/c1-4-5-6-25-18(27)16(10-20)11(2)17(19(25)28)24-23-15-8-13(21)7-14(9-15)22-12(3)26/h7-9,27H,4-6,21H2,1-3H3,(H,22,26). The van der Waals surface area contributed by atoms with Gasteiger partial charge in [0.1, 0.15) is 11.6 Å². The van der Waals surface area contributed by atoms with Crippen LogP contribution in [0.2, 0.25) is 0 Å². The lowest BCUT2D eigenvalue weighted by molar-refractivity contribution is -0.114. The molecule has 0 unspecified atom stereocenters. The number of hydrogen-bond acceptors (Lipinski definition) is 7. The second kappa shape index (κ2) is 8.81. The Kier molecular flexibility index (Phi) is 6.50. The number of nitriles is 1. The van der Waals surface area contributed by atoms with E-state index in [9.17, 15) is 20.0 Å². The molecule has 1 amide bonds. The predicted octanol–water partition coefficient (Wildman–Crippen LogP) is 3.49. The minimum absolute atomic E-state index is 0.0174. The van der Waals surface area contributed by atoms with Crippen LogP contribution in [0, 0.1) is 18.3 Å². The van der Waals surface area contributed by atoms with E-state index < -0.39 is 5.56 Å². The molecule has 2 aromatic rings. The maximum atomic E-state index is 12.7. The molecule has 1 aromatic carbocycles. The summed E-state index contributed by atoms with van der Waals surface area (Å²) >= 11 is 0. The number of anilines is 2. The Labute approximate surface area is 162 Å². The number of hydrogen-bond donors (Lipinski definition) is 3. The maximum Gasteiger partial charge on any atom is 0.281 e. The van der Waals surface area contributed by atoms with Crippen LogP contribution in [-0.2, 0) is 11.3 Å². The lowest BCUT2D eigenvalue weighted by Gasteiger charge is -2.12. The number of amides is 1. The van der Waals surface area contributed by atoms with Crippen LogP contribution in [0.5, 0.6) is 5.88 Å².